The van der Waals surface area contributed by atoms with Crippen molar-refractivity contribution in [3.8, 4) is 5.69 Å². The predicted octanol–water partition coefficient (Wildman–Crippen LogP) is 2.77. The number of nitrogens with zero attached hydrogens (tertiary/aromatic N) is 3. The van der Waals surface area contributed by atoms with E-state index in [0.717, 1.165) is 36.3 Å². The molecule has 0 radical (unpaired) electrons. The molecule has 2 heterocycles. The van der Waals surface area contributed by atoms with Crippen molar-refractivity contribution in [1.82, 2.24) is 20.1 Å². The molecule has 0 aliphatic heterocycles. The van der Waals surface area contributed by atoms with Crippen LogP contribution in [-0.2, 0) is 13.0 Å². The third kappa shape index (κ3) is 4.14. The molecule has 2 aromatic heterocycles. The normalized spacial score (nSPS) is 11.0. The zero-order valence-corrected chi connectivity index (χ0v) is 13.4. The highest BCUT2D eigenvalue weighted by atomic mass is 32.1. The van der Waals surface area contributed by atoms with Gasteiger partial charge in [-0.3, -0.25) is 0 Å². The van der Waals surface area contributed by atoms with Gasteiger partial charge >= 0.3 is 0 Å². The van der Waals surface area contributed by atoms with E-state index >= 15 is 0 Å². The Balaban J connectivity index is 1.54. The van der Waals surface area contributed by atoms with Crippen LogP contribution in [0.5, 0.6) is 0 Å². The number of nitrogen functional groups attached to an aromatic ring is 1. The number of hydrogen-bond acceptors (Lipinski definition) is 5. The lowest BCUT2D eigenvalue weighted by Crippen LogP contribution is -2.17. The van der Waals surface area contributed by atoms with Crippen LogP contribution in [0.15, 0.2) is 42.0 Å². The first-order valence-electron chi connectivity index (χ1n) is 7.41. The zero-order chi connectivity index (χ0) is 16.1. The number of aryl methyl sites for hydroxylation is 1. The van der Waals surface area contributed by atoms with Gasteiger partial charge < -0.3 is 11.1 Å². The Labute approximate surface area is 138 Å². The lowest BCUT2D eigenvalue weighted by atomic mass is 10.1. The van der Waals surface area contributed by atoms with Crippen molar-refractivity contribution >= 4 is 16.5 Å². The third-order valence-corrected chi connectivity index (χ3v) is 4.19. The van der Waals surface area contributed by atoms with Crippen LogP contribution in [0.2, 0.25) is 0 Å². The molecule has 0 aliphatic rings. The molecule has 0 atom stereocenters. The summed E-state index contributed by atoms with van der Waals surface area (Å²) < 4.78 is 15.3. The van der Waals surface area contributed by atoms with Crippen molar-refractivity contribution in [2.24, 2.45) is 0 Å². The number of nitrogens with two attached hydrogens (primary N) is 1. The fourth-order valence-corrected chi connectivity index (χ4v) is 2.98. The number of thiazole rings is 1. The quantitative estimate of drug-likeness (QED) is 0.653. The van der Waals surface area contributed by atoms with Gasteiger partial charge in [0.1, 0.15) is 5.82 Å². The summed E-state index contributed by atoms with van der Waals surface area (Å²) in [5.41, 5.74) is 8.40. The third-order valence-electron chi connectivity index (χ3n) is 3.46. The van der Waals surface area contributed by atoms with Gasteiger partial charge in [0.2, 0.25) is 0 Å². The van der Waals surface area contributed by atoms with Gasteiger partial charge in [0.15, 0.2) is 5.13 Å². The van der Waals surface area contributed by atoms with Gasteiger partial charge in [0.25, 0.3) is 0 Å². The molecule has 1 aromatic carbocycles. The van der Waals surface area contributed by atoms with Gasteiger partial charge in [-0.15, -0.1) is 11.3 Å². The predicted molar refractivity (Wildman–Crippen MR) is 90.1 cm³/mol. The zero-order valence-electron chi connectivity index (χ0n) is 12.6. The summed E-state index contributed by atoms with van der Waals surface area (Å²) in [5, 5.41) is 10.1. The minimum absolute atomic E-state index is 0.240. The maximum atomic E-state index is 13.5. The number of nitrogens with one attached hydrogen (secondary N) is 1. The summed E-state index contributed by atoms with van der Waals surface area (Å²) in [5.74, 6) is -0.240. The monoisotopic (exact) mass is 331 g/mol. The first-order valence-corrected chi connectivity index (χ1v) is 8.29. The van der Waals surface area contributed by atoms with E-state index in [1.165, 1.54) is 17.4 Å². The molecule has 3 rings (SSSR count). The van der Waals surface area contributed by atoms with Crippen LogP contribution >= 0.6 is 11.3 Å². The molecule has 0 amide bonds. The van der Waals surface area contributed by atoms with E-state index in [-0.39, 0.29) is 5.82 Å². The second-order valence-corrected chi connectivity index (χ2v) is 6.07. The highest BCUT2D eigenvalue weighted by Crippen LogP contribution is 2.16. The highest BCUT2D eigenvalue weighted by molar-refractivity contribution is 7.13. The van der Waals surface area contributed by atoms with E-state index in [1.54, 1.807) is 23.0 Å². The molecule has 0 fully saturated rings. The maximum Gasteiger partial charge on any atom is 0.180 e. The van der Waals surface area contributed by atoms with Crippen molar-refractivity contribution in [1.29, 1.82) is 0 Å². The molecule has 0 saturated heterocycles. The van der Waals surface area contributed by atoms with Crippen LogP contribution in [0.4, 0.5) is 9.52 Å². The Bertz CT molecular complexity index is 754. The van der Waals surface area contributed by atoms with Crippen molar-refractivity contribution in [3.05, 3.63) is 59.1 Å². The SMILES string of the molecule is Nc1nc(CCCNCc2cc(F)ccc2-n2cccn2)cs1. The van der Waals surface area contributed by atoms with Crippen LogP contribution in [0, 0.1) is 5.82 Å². The summed E-state index contributed by atoms with van der Waals surface area (Å²) in [6.07, 6.45) is 5.40. The van der Waals surface area contributed by atoms with Gasteiger partial charge in [-0.1, -0.05) is 0 Å². The minimum Gasteiger partial charge on any atom is -0.375 e. The summed E-state index contributed by atoms with van der Waals surface area (Å²) in [4.78, 5) is 4.23. The van der Waals surface area contributed by atoms with Gasteiger partial charge in [-0.05, 0) is 49.2 Å². The molecule has 120 valence electrons. The maximum absolute atomic E-state index is 13.5. The van der Waals surface area contributed by atoms with E-state index < -0.39 is 0 Å². The van der Waals surface area contributed by atoms with Gasteiger partial charge in [0, 0.05) is 24.3 Å². The molecule has 0 spiro atoms. The average molecular weight is 331 g/mol. The topological polar surface area (TPSA) is 68.8 Å². The van der Waals surface area contributed by atoms with Crippen molar-refractivity contribution < 1.29 is 4.39 Å². The molecule has 0 saturated carbocycles. The minimum atomic E-state index is -0.240. The fourth-order valence-electron chi connectivity index (χ4n) is 2.39. The number of rotatable bonds is 7. The lowest BCUT2D eigenvalue weighted by Gasteiger charge is -2.11. The summed E-state index contributed by atoms with van der Waals surface area (Å²) in [7, 11) is 0. The molecule has 0 aliphatic carbocycles. The van der Waals surface area contributed by atoms with E-state index in [9.17, 15) is 4.39 Å². The average Bonchev–Trinajstić information content (AvgIpc) is 3.19. The van der Waals surface area contributed by atoms with E-state index in [2.05, 4.69) is 15.4 Å². The molecule has 3 aromatic rings. The first kappa shape index (κ1) is 15.6. The Morgan fingerprint density at radius 2 is 2.26 bits per heavy atom. The highest BCUT2D eigenvalue weighted by Gasteiger charge is 2.06. The fraction of sp³-hybridized carbons (Fsp3) is 0.250. The molecule has 7 heteroatoms. The van der Waals surface area contributed by atoms with Crippen molar-refractivity contribution in [2.75, 3.05) is 12.3 Å². The standard InChI is InChI=1S/C16H18FN5S/c17-13-4-5-15(22-8-2-7-20-22)12(9-13)10-19-6-1-3-14-11-23-16(18)21-14/h2,4-5,7-9,11,19H,1,3,6,10H2,(H2,18,21). The first-order chi connectivity index (χ1) is 11.2. The van der Waals surface area contributed by atoms with Gasteiger partial charge in [0.05, 0.1) is 11.4 Å². The Kier molecular flexibility index (Phi) is 4.99. The van der Waals surface area contributed by atoms with Crippen LogP contribution in [0.25, 0.3) is 5.69 Å². The summed E-state index contributed by atoms with van der Waals surface area (Å²) in [6, 6.07) is 6.59. The van der Waals surface area contributed by atoms with Crippen molar-refractivity contribution in [3.63, 3.8) is 0 Å². The van der Waals surface area contributed by atoms with Crippen LogP contribution in [0.1, 0.15) is 17.7 Å². The van der Waals surface area contributed by atoms with E-state index in [4.69, 9.17) is 5.73 Å². The number of halogens is 1. The summed E-state index contributed by atoms with van der Waals surface area (Å²) >= 11 is 1.46. The Hall–Kier alpha value is -2.25. The number of anilines is 1. The van der Waals surface area contributed by atoms with E-state index in [1.807, 2.05) is 17.6 Å². The van der Waals surface area contributed by atoms with Crippen LogP contribution < -0.4 is 11.1 Å². The molecule has 5 nitrogen and oxygen atoms in total. The lowest BCUT2D eigenvalue weighted by molar-refractivity contribution is 0.612. The molecule has 3 N–H and O–H groups in total. The largest absolute Gasteiger partial charge is 0.375 e. The number of benzene rings is 1. The number of hydrogen-bond donors (Lipinski definition) is 2. The van der Waals surface area contributed by atoms with E-state index in [0.29, 0.717) is 11.7 Å². The van der Waals surface area contributed by atoms with Crippen molar-refractivity contribution in [2.45, 2.75) is 19.4 Å². The molecule has 23 heavy (non-hydrogen) atoms. The van der Waals surface area contributed by atoms with Gasteiger partial charge in [-0.25, -0.2) is 14.1 Å². The summed E-state index contributed by atoms with van der Waals surface area (Å²) in [6.45, 7) is 1.42. The second kappa shape index (κ2) is 7.34. The molecular weight excluding hydrogens is 313 g/mol. The Morgan fingerprint density at radius 1 is 1.35 bits per heavy atom. The molecular formula is C16H18FN5S. The van der Waals surface area contributed by atoms with Gasteiger partial charge in [-0.2, -0.15) is 5.10 Å². The number of aromatic nitrogens is 3. The molecule has 0 bridgehead atoms. The molecule has 0 unspecified atom stereocenters. The smallest absolute Gasteiger partial charge is 0.180 e. The van der Waals surface area contributed by atoms with Crippen LogP contribution in [0.3, 0.4) is 0 Å². The Morgan fingerprint density at radius 3 is 3.00 bits per heavy atom. The second-order valence-electron chi connectivity index (χ2n) is 5.18. The van der Waals surface area contributed by atoms with Crippen LogP contribution in [-0.4, -0.2) is 21.3 Å².